The van der Waals surface area contributed by atoms with Crippen LogP contribution in [0.15, 0.2) is 42.9 Å². The van der Waals surface area contributed by atoms with Gasteiger partial charge in [0.25, 0.3) is 0 Å². The van der Waals surface area contributed by atoms with Gasteiger partial charge in [0.2, 0.25) is 0 Å². The summed E-state index contributed by atoms with van der Waals surface area (Å²) in [5.41, 5.74) is -4.04. The number of aryl methyl sites for hydroxylation is 1. The number of methoxy groups -OCH3 is 1. The number of rotatable bonds is 9. The molecule has 1 aromatic carbocycles. The van der Waals surface area contributed by atoms with Crippen LogP contribution in [0.5, 0.6) is 0 Å². The fourth-order valence-corrected chi connectivity index (χ4v) is 3.06. The molecule has 7 nitrogen and oxygen atoms in total. The molecule has 0 aliphatic heterocycles. The van der Waals surface area contributed by atoms with Crippen LogP contribution in [-0.2, 0) is 29.2 Å². The summed E-state index contributed by atoms with van der Waals surface area (Å²) in [7, 11) is 1.56. The molecule has 0 spiro atoms. The van der Waals surface area contributed by atoms with Crippen LogP contribution in [0.1, 0.15) is 23.2 Å². The molecule has 1 unspecified atom stereocenters. The predicted octanol–water partition coefficient (Wildman–Crippen LogP) is 2.61. The smallest absolute Gasteiger partial charge is 0.323 e. The van der Waals surface area contributed by atoms with Crippen LogP contribution in [0.3, 0.4) is 0 Å². The Morgan fingerprint density at radius 3 is 2.57 bits per heavy atom. The van der Waals surface area contributed by atoms with E-state index in [9.17, 15) is 13.9 Å². The van der Waals surface area contributed by atoms with E-state index < -0.39 is 41.0 Å². The number of tetrazole rings is 1. The topological polar surface area (TPSA) is 86.0 Å². The second-order valence-corrected chi connectivity index (χ2v) is 6.71. The van der Waals surface area contributed by atoms with Crippen molar-refractivity contribution in [3.63, 3.8) is 0 Å². The Morgan fingerprint density at radius 1 is 1.17 bits per heavy atom. The fourth-order valence-electron chi connectivity index (χ4n) is 3.06. The summed E-state index contributed by atoms with van der Waals surface area (Å²) in [6.07, 6.45) is 3.50. The van der Waals surface area contributed by atoms with Gasteiger partial charge in [0.15, 0.2) is 5.60 Å². The molecule has 11 heteroatoms. The molecular weight excluding hydrogens is 406 g/mol. The number of hydrogen-bond donors (Lipinski definition) is 1. The molecule has 30 heavy (non-hydrogen) atoms. The van der Waals surface area contributed by atoms with Gasteiger partial charge in [-0.2, -0.15) is 8.78 Å². The Morgan fingerprint density at radius 2 is 1.97 bits per heavy atom. The first kappa shape index (κ1) is 21.8. The van der Waals surface area contributed by atoms with Crippen LogP contribution >= 0.6 is 0 Å². The SMILES string of the molecule is COCCCc1ccc(C(F)(F)C(O)(Cn2cnnn2)c2ccc(F)cc2F)nc1. The van der Waals surface area contributed by atoms with Gasteiger partial charge in [-0.3, -0.25) is 4.98 Å². The van der Waals surface area contributed by atoms with E-state index in [1.807, 2.05) is 0 Å². The molecule has 0 aliphatic carbocycles. The zero-order valence-corrected chi connectivity index (χ0v) is 16.0. The van der Waals surface area contributed by atoms with Crippen molar-refractivity contribution in [2.24, 2.45) is 0 Å². The third kappa shape index (κ3) is 4.31. The Bertz CT molecular complexity index is 970. The maximum Gasteiger partial charge on any atom is 0.323 e. The van der Waals surface area contributed by atoms with E-state index in [1.54, 1.807) is 7.11 Å². The van der Waals surface area contributed by atoms with Crippen molar-refractivity contribution in [3.8, 4) is 0 Å². The van der Waals surface area contributed by atoms with Crippen molar-refractivity contribution in [2.75, 3.05) is 13.7 Å². The Hall–Kier alpha value is -2.92. The summed E-state index contributed by atoms with van der Waals surface area (Å²) in [5.74, 6) is -6.37. The van der Waals surface area contributed by atoms with Crippen LogP contribution in [0, 0.1) is 11.6 Å². The molecule has 1 N–H and O–H groups in total. The largest absolute Gasteiger partial charge is 0.385 e. The molecule has 2 aromatic heterocycles. The molecule has 3 aromatic rings. The lowest BCUT2D eigenvalue weighted by Gasteiger charge is -2.35. The van der Waals surface area contributed by atoms with Crippen molar-refractivity contribution in [1.29, 1.82) is 0 Å². The van der Waals surface area contributed by atoms with Gasteiger partial charge in [-0.15, -0.1) is 5.10 Å². The summed E-state index contributed by atoms with van der Waals surface area (Å²) < 4.78 is 64.6. The summed E-state index contributed by atoms with van der Waals surface area (Å²) in [6.45, 7) is -0.389. The molecule has 0 amide bonds. The summed E-state index contributed by atoms with van der Waals surface area (Å²) in [6, 6.07) is 4.48. The molecule has 0 saturated carbocycles. The molecule has 3 rings (SSSR count). The summed E-state index contributed by atoms with van der Waals surface area (Å²) in [5, 5.41) is 21.2. The van der Waals surface area contributed by atoms with E-state index in [1.165, 1.54) is 12.3 Å². The van der Waals surface area contributed by atoms with Crippen LogP contribution in [-0.4, -0.2) is 44.0 Å². The summed E-state index contributed by atoms with van der Waals surface area (Å²) in [4.78, 5) is 3.79. The lowest BCUT2D eigenvalue weighted by atomic mass is 9.84. The highest BCUT2D eigenvalue weighted by Crippen LogP contribution is 2.46. The second-order valence-electron chi connectivity index (χ2n) is 6.71. The van der Waals surface area contributed by atoms with Crippen molar-refractivity contribution >= 4 is 0 Å². The zero-order valence-electron chi connectivity index (χ0n) is 16.0. The minimum Gasteiger partial charge on any atom is -0.385 e. The van der Waals surface area contributed by atoms with Crippen molar-refractivity contribution < 1.29 is 27.4 Å². The van der Waals surface area contributed by atoms with Gasteiger partial charge in [-0.1, -0.05) is 6.07 Å². The Kier molecular flexibility index (Phi) is 6.42. The van der Waals surface area contributed by atoms with Crippen LogP contribution in [0.2, 0.25) is 0 Å². The Labute approximate surface area is 169 Å². The standard InChI is InChI=1S/C19H19F4N5O2/c1-30-8-2-3-13-4-7-17(24-10-13)19(22,23)18(29,11-28-12-25-26-27-28)15-6-5-14(20)9-16(15)21/h4-7,9-10,12,29H,2-3,8,11H2,1H3. The minimum atomic E-state index is -4.07. The monoisotopic (exact) mass is 425 g/mol. The van der Waals surface area contributed by atoms with E-state index >= 15 is 8.78 Å². The van der Waals surface area contributed by atoms with Gasteiger partial charge in [-0.05, 0) is 47.0 Å². The fraction of sp³-hybridized carbons (Fsp3) is 0.368. The molecular formula is C19H19F4N5O2. The van der Waals surface area contributed by atoms with E-state index in [4.69, 9.17) is 4.74 Å². The molecule has 160 valence electrons. The second kappa shape index (κ2) is 8.84. The van der Waals surface area contributed by atoms with Gasteiger partial charge >= 0.3 is 5.92 Å². The number of aromatic nitrogens is 5. The number of hydrogen-bond acceptors (Lipinski definition) is 6. The van der Waals surface area contributed by atoms with E-state index in [0.717, 1.165) is 29.2 Å². The maximum absolute atomic E-state index is 15.5. The van der Waals surface area contributed by atoms with Gasteiger partial charge in [0.1, 0.15) is 23.7 Å². The van der Waals surface area contributed by atoms with Gasteiger partial charge in [0.05, 0.1) is 6.54 Å². The van der Waals surface area contributed by atoms with E-state index in [2.05, 4.69) is 20.5 Å². The molecule has 0 saturated heterocycles. The van der Waals surface area contributed by atoms with E-state index in [0.29, 0.717) is 31.1 Å². The van der Waals surface area contributed by atoms with Gasteiger partial charge in [-0.25, -0.2) is 13.5 Å². The van der Waals surface area contributed by atoms with Gasteiger partial charge in [0, 0.05) is 31.5 Å². The number of benzene rings is 1. The van der Waals surface area contributed by atoms with Gasteiger partial charge < -0.3 is 9.84 Å². The highest BCUT2D eigenvalue weighted by atomic mass is 19.3. The molecule has 0 bridgehead atoms. The molecule has 1 atom stereocenters. The molecule has 0 fully saturated rings. The molecule has 0 radical (unpaired) electrons. The number of nitrogens with zero attached hydrogens (tertiary/aromatic N) is 5. The van der Waals surface area contributed by atoms with Crippen molar-refractivity contribution in [2.45, 2.75) is 30.9 Å². The van der Waals surface area contributed by atoms with Crippen LogP contribution < -0.4 is 0 Å². The minimum absolute atomic E-state index is 0.419. The number of aliphatic hydroxyl groups is 1. The third-order valence-corrected chi connectivity index (χ3v) is 4.64. The average molecular weight is 425 g/mol. The number of alkyl halides is 2. The number of ether oxygens (including phenoxy) is 1. The number of pyridine rings is 1. The number of halogens is 4. The van der Waals surface area contributed by atoms with E-state index in [-0.39, 0.29) is 0 Å². The first-order chi connectivity index (χ1) is 14.3. The highest BCUT2D eigenvalue weighted by molar-refractivity contribution is 5.31. The van der Waals surface area contributed by atoms with Crippen LogP contribution in [0.25, 0.3) is 0 Å². The summed E-state index contributed by atoms with van der Waals surface area (Å²) >= 11 is 0. The normalized spacial score (nSPS) is 13.9. The molecule has 0 aliphatic rings. The molecule has 2 heterocycles. The first-order valence-electron chi connectivity index (χ1n) is 8.99. The lowest BCUT2D eigenvalue weighted by molar-refractivity contribution is -0.207. The quantitative estimate of drug-likeness (QED) is 0.419. The lowest BCUT2D eigenvalue weighted by Crippen LogP contribution is -2.48. The zero-order chi connectivity index (χ0) is 21.8. The maximum atomic E-state index is 15.5. The first-order valence-corrected chi connectivity index (χ1v) is 8.99. The van der Waals surface area contributed by atoms with Crippen molar-refractivity contribution in [1.82, 2.24) is 25.2 Å². The van der Waals surface area contributed by atoms with Crippen LogP contribution in [0.4, 0.5) is 17.6 Å². The third-order valence-electron chi connectivity index (χ3n) is 4.64. The average Bonchev–Trinajstić information content (AvgIpc) is 3.21. The highest BCUT2D eigenvalue weighted by Gasteiger charge is 2.57. The predicted molar refractivity (Wildman–Crippen MR) is 96.4 cm³/mol. The Balaban J connectivity index is 2.01. The van der Waals surface area contributed by atoms with Crippen molar-refractivity contribution in [3.05, 3.63) is 71.3 Å².